The highest BCUT2D eigenvalue weighted by molar-refractivity contribution is 5.80. The van der Waals surface area contributed by atoms with Crippen molar-refractivity contribution >= 4 is 5.91 Å². The van der Waals surface area contributed by atoms with Crippen LogP contribution in [0, 0.1) is 5.41 Å². The van der Waals surface area contributed by atoms with E-state index in [0.29, 0.717) is 13.2 Å². The highest BCUT2D eigenvalue weighted by atomic mass is 16.5. The molecule has 1 atom stereocenters. The first-order valence-electron chi connectivity index (χ1n) is 4.03. The number of carbonyl (C=O) groups is 1. The summed E-state index contributed by atoms with van der Waals surface area (Å²) in [6.07, 6.45) is 0.766. The van der Waals surface area contributed by atoms with Gasteiger partial charge in [0.15, 0.2) is 0 Å². The Balaban J connectivity index is 0.000000461. The van der Waals surface area contributed by atoms with E-state index in [-0.39, 0.29) is 11.3 Å². The molecule has 0 aromatic rings. The van der Waals surface area contributed by atoms with Crippen molar-refractivity contribution in [2.45, 2.75) is 27.2 Å². The summed E-state index contributed by atoms with van der Waals surface area (Å²) in [5, 5.41) is 0. The SMILES string of the molecule is CC.CC1(C(N)=O)CCOC1. The molecule has 0 bridgehead atoms. The van der Waals surface area contributed by atoms with Crippen LogP contribution in [0.25, 0.3) is 0 Å². The van der Waals surface area contributed by atoms with Gasteiger partial charge >= 0.3 is 0 Å². The summed E-state index contributed by atoms with van der Waals surface area (Å²) in [6, 6.07) is 0. The van der Waals surface area contributed by atoms with Crippen LogP contribution in [0.3, 0.4) is 0 Å². The van der Waals surface area contributed by atoms with Crippen molar-refractivity contribution in [3.8, 4) is 0 Å². The van der Waals surface area contributed by atoms with E-state index in [1.807, 2.05) is 20.8 Å². The zero-order chi connectivity index (χ0) is 8.91. The van der Waals surface area contributed by atoms with Crippen LogP contribution < -0.4 is 5.73 Å². The van der Waals surface area contributed by atoms with Crippen LogP contribution in [-0.4, -0.2) is 19.1 Å². The maximum absolute atomic E-state index is 10.7. The van der Waals surface area contributed by atoms with Crippen molar-refractivity contribution < 1.29 is 9.53 Å². The molecular weight excluding hydrogens is 142 g/mol. The van der Waals surface area contributed by atoms with Gasteiger partial charge in [-0.25, -0.2) is 0 Å². The van der Waals surface area contributed by atoms with Crippen molar-refractivity contribution in [2.75, 3.05) is 13.2 Å². The standard InChI is InChI=1S/C6H11NO2.C2H6/c1-6(5(7)8)2-3-9-4-6;1-2/h2-4H2,1H3,(H2,7,8);1-2H3. The molecule has 1 aliphatic rings. The lowest BCUT2D eigenvalue weighted by atomic mass is 9.90. The molecule has 1 aliphatic heterocycles. The summed E-state index contributed by atoms with van der Waals surface area (Å²) in [7, 11) is 0. The molecule has 66 valence electrons. The van der Waals surface area contributed by atoms with Crippen molar-refractivity contribution in [1.82, 2.24) is 0 Å². The zero-order valence-corrected chi connectivity index (χ0v) is 7.52. The summed E-state index contributed by atoms with van der Waals surface area (Å²) < 4.78 is 5.02. The zero-order valence-electron chi connectivity index (χ0n) is 7.52. The molecule has 1 unspecified atom stereocenters. The first-order chi connectivity index (χ1) is 5.15. The Hall–Kier alpha value is -0.570. The summed E-state index contributed by atoms with van der Waals surface area (Å²) in [6.45, 7) is 6.99. The average molecular weight is 159 g/mol. The molecule has 3 nitrogen and oxygen atoms in total. The molecule has 0 aromatic carbocycles. The van der Waals surface area contributed by atoms with Gasteiger partial charge in [0, 0.05) is 6.61 Å². The van der Waals surface area contributed by atoms with Crippen LogP contribution in [0.1, 0.15) is 27.2 Å². The van der Waals surface area contributed by atoms with Crippen LogP contribution in [0.5, 0.6) is 0 Å². The van der Waals surface area contributed by atoms with Crippen LogP contribution in [0.2, 0.25) is 0 Å². The Morgan fingerprint density at radius 2 is 2.09 bits per heavy atom. The summed E-state index contributed by atoms with van der Waals surface area (Å²) in [5.41, 5.74) is 4.72. The second-order valence-electron chi connectivity index (χ2n) is 2.73. The molecule has 1 fully saturated rings. The Morgan fingerprint density at radius 3 is 2.27 bits per heavy atom. The van der Waals surface area contributed by atoms with E-state index in [1.54, 1.807) is 0 Å². The fraction of sp³-hybridized carbons (Fsp3) is 0.875. The van der Waals surface area contributed by atoms with Gasteiger partial charge in [0.2, 0.25) is 5.91 Å². The Kier molecular flexibility index (Phi) is 4.11. The number of carbonyl (C=O) groups excluding carboxylic acids is 1. The smallest absolute Gasteiger partial charge is 0.225 e. The van der Waals surface area contributed by atoms with E-state index in [0.717, 1.165) is 6.42 Å². The third-order valence-electron chi connectivity index (χ3n) is 1.81. The molecule has 11 heavy (non-hydrogen) atoms. The number of hydrogen-bond donors (Lipinski definition) is 1. The van der Waals surface area contributed by atoms with Gasteiger partial charge in [-0.2, -0.15) is 0 Å². The van der Waals surface area contributed by atoms with Crippen molar-refractivity contribution in [3.05, 3.63) is 0 Å². The van der Waals surface area contributed by atoms with Gasteiger partial charge in [-0.05, 0) is 13.3 Å². The van der Waals surface area contributed by atoms with Gasteiger partial charge in [-0.15, -0.1) is 0 Å². The fourth-order valence-corrected chi connectivity index (χ4v) is 0.861. The maximum Gasteiger partial charge on any atom is 0.225 e. The number of amides is 1. The van der Waals surface area contributed by atoms with Gasteiger partial charge in [0.25, 0.3) is 0 Å². The van der Waals surface area contributed by atoms with Crippen LogP contribution >= 0.6 is 0 Å². The lowest BCUT2D eigenvalue weighted by molar-refractivity contribution is -0.126. The molecule has 0 aliphatic carbocycles. The third kappa shape index (κ3) is 2.50. The Labute approximate surface area is 67.9 Å². The number of hydrogen-bond acceptors (Lipinski definition) is 2. The monoisotopic (exact) mass is 159 g/mol. The van der Waals surface area contributed by atoms with Gasteiger partial charge in [0.05, 0.1) is 12.0 Å². The molecule has 1 rings (SSSR count). The molecule has 3 heteroatoms. The molecule has 0 spiro atoms. The second-order valence-corrected chi connectivity index (χ2v) is 2.73. The minimum atomic E-state index is -0.389. The van der Waals surface area contributed by atoms with Crippen molar-refractivity contribution in [1.29, 1.82) is 0 Å². The number of nitrogens with two attached hydrogens (primary N) is 1. The molecule has 0 saturated carbocycles. The molecule has 0 radical (unpaired) electrons. The lowest BCUT2D eigenvalue weighted by Gasteiger charge is -2.15. The fourth-order valence-electron chi connectivity index (χ4n) is 0.861. The minimum absolute atomic E-state index is 0.250. The number of ether oxygens (including phenoxy) is 1. The van der Waals surface area contributed by atoms with E-state index < -0.39 is 0 Å². The highest BCUT2D eigenvalue weighted by Gasteiger charge is 2.35. The van der Waals surface area contributed by atoms with Crippen LogP contribution in [0.15, 0.2) is 0 Å². The van der Waals surface area contributed by atoms with Crippen LogP contribution in [-0.2, 0) is 9.53 Å². The second kappa shape index (κ2) is 4.34. The van der Waals surface area contributed by atoms with Crippen molar-refractivity contribution in [3.63, 3.8) is 0 Å². The normalized spacial score (nSPS) is 29.0. The van der Waals surface area contributed by atoms with Gasteiger partial charge in [-0.1, -0.05) is 13.8 Å². The van der Waals surface area contributed by atoms with Crippen molar-refractivity contribution in [2.24, 2.45) is 11.1 Å². The van der Waals surface area contributed by atoms with E-state index in [9.17, 15) is 4.79 Å². The molecular formula is C8H17NO2. The minimum Gasteiger partial charge on any atom is -0.380 e. The predicted molar refractivity (Wildman–Crippen MR) is 44.1 cm³/mol. The molecule has 1 saturated heterocycles. The van der Waals surface area contributed by atoms with E-state index in [1.165, 1.54) is 0 Å². The third-order valence-corrected chi connectivity index (χ3v) is 1.81. The summed E-state index contributed by atoms with van der Waals surface area (Å²) in [4.78, 5) is 10.7. The molecule has 1 heterocycles. The van der Waals surface area contributed by atoms with Gasteiger partial charge < -0.3 is 10.5 Å². The van der Waals surface area contributed by atoms with Gasteiger partial charge in [-0.3, -0.25) is 4.79 Å². The Morgan fingerprint density at radius 1 is 1.55 bits per heavy atom. The molecule has 1 amide bonds. The average Bonchev–Trinajstić information content (AvgIpc) is 2.42. The first-order valence-corrected chi connectivity index (χ1v) is 4.03. The topological polar surface area (TPSA) is 52.3 Å². The number of primary amides is 1. The highest BCUT2D eigenvalue weighted by Crippen LogP contribution is 2.26. The number of rotatable bonds is 1. The van der Waals surface area contributed by atoms with E-state index >= 15 is 0 Å². The summed E-state index contributed by atoms with van der Waals surface area (Å²) >= 11 is 0. The van der Waals surface area contributed by atoms with Crippen LogP contribution in [0.4, 0.5) is 0 Å². The summed E-state index contributed by atoms with van der Waals surface area (Å²) in [5.74, 6) is -0.250. The molecule has 0 aromatic heterocycles. The largest absolute Gasteiger partial charge is 0.380 e. The predicted octanol–water partition coefficient (Wildman–Crippen LogP) is 0.925. The Bertz CT molecular complexity index is 128. The van der Waals surface area contributed by atoms with E-state index in [2.05, 4.69) is 0 Å². The maximum atomic E-state index is 10.7. The lowest BCUT2D eigenvalue weighted by Crippen LogP contribution is -2.34. The van der Waals surface area contributed by atoms with E-state index in [4.69, 9.17) is 10.5 Å². The molecule has 2 N–H and O–H groups in total. The quantitative estimate of drug-likeness (QED) is 0.618. The van der Waals surface area contributed by atoms with Gasteiger partial charge in [0.1, 0.15) is 0 Å². The first kappa shape index (κ1) is 10.4.